The van der Waals surface area contributed by atoms with E-state index < -0.39 is 0 Å². The Labute approximate surface area is 295 Å². The van der Waals surface area contributed by atoms with Crippen molar-refractivity contribution in [3.8, 4) is 11.8 Å². The van der Waals surface area contributed by atoms with Crippen LogP contribution in [0.25, 0.3) is 11.1 Å². The summed E-state index contributed by atoms with van der Waals surface area (Å²) in [6.07, 6.45) is 34.1. The fraction of sp³-hybridized carbons (Fsp3) is 0.333. The zero-order valence-corrected chi connectivity index (χ0v) is 30.1. The number of aromatic nitrogens is 2. The Hall–Kier alpha value is -4.88. The van der Waals surface area contributed by atoms with Crippen LogP contribution in [0.2, 0.25) is 0 Å². The molecule has 0 N–H and O–H groups in total. The average molecular weight is 649 g/mol. The van der Waals surface area contributed by atoms with Crippen LogP contribution in [-0.4, -0.2) is 28.4 Å². The number of aliphatic imine (C=N–C) groups is 2. The highest BCUT2D eigenvalue weighted by Gasteiger charge is 2.14. The van der Waals surface area contributed by atoms with E-state index in [-0.39, 0.29) is 11.8 Å². The Morgan fingerprint density at radius 3 is 2.61 bits per heavy atom. The molecule has 4 nitrogen and oxygen atoms in total. The van der Waals surface area contributed by atoms with Gasteiger partial charge in [-0.1, -0.05) is 101 Å². The molecule has 2 aromatic heterocycles. The zero-order chi connectivity index (χ0) is 34.8. The van der Waals surface area contributed by atoms with Crippen molar-refractivity contribution in [3.05, 3.63) is 143 Å². The molecule has 2 aliphatic rings. The largest absolute Gasteiger partial charge is 0.289 e. The quantitative estimate of drug-likeness (QED) is 0.0835. The highest BCUT2D eigenvalue weighted by atomic mass is 14.8. The summed E-state index contributed by atoms with van der Waals surface area (Å²) in [7, 11) is 0. The molecule has 1 aliphatic carbocycles. The maximum atomic E-state index is 5.29. The van der Waals surface area contributed by atoms with Crippen molar-refractivity contribution in [1.29, 1.82) is 0 Å². The minimum atomic E-state index is 0.00708. The van der Waals surface area contributed by atoms with Crippen LogP contribution in [0.4, 0.5) is 0 Å². The molecule has 0 bridgehead atoms. The van der Waals surface area contributed by atoms with Crippen molar-refractivity contribution < 1.29 is 0 Å². The number of nitrogens with zero attached hydrogens (tertiary/aromatic N) is 4. The summed E-state index contributed by atoms with van der Waals surface area (Å²) < 4.78 is 0. The minimum absolute atomic E-state index is 0.00708. The van der Waals surface area contributed by atoms with Crippen molar-refractivity contribution in [2.45, 2.75) is 79.6 Å². The predicted octanol–water partition coefficient (Wildman–Crippen LogP) is 11.3. The van der Waals surface area contributed by atoms with Gasteiger partial charge in [-0.2, -0.15) is 0 Å². The van der Waals surface area contributed by atoms with Gasteiger partial charge in [-0.15, -0.1) is 0 Å². The lowest BCUT2D eigenvalue weighted by atomic mass is 9.90. The van der Waals surface area contributed by atoms with E-state index in [1.165, 1.54) is 18.4 Å². The van der Waals surface area contributed by atoms with Crippen LogP contribution in [0.5, 0.6) is 0 Å². The molecular weight excluding hydrogens is 597 g/mol. The highest BCUT2D eigenvalue weighted by molar-refractivity contribution is 5.83. The van der Waals surface area contributed by atoms with Crippen molar-refractivity contribution in [2.75, 3.05) is 6.54 Å². The molecule has 2 unspecified atom stereocenters. The number of hydrogen-bond donors (Lipinski definition) is 0. The molecule has 3 heterocycles. The predicted molar refractivity (Wildman–Crippen MR) is 211 cm³/mol. The van der Waals surface area contributed by atoms with Crippen molar-refractivity contribution in [3.63, 3.8) is 0 Å². The van der Waals surface area contributed by atoms with Crippen LogP contribution in [0.15, 0.2) is 142 Å². The van der Waals surface area contributed by atoms with E-state index in [0.29, 0.717) is 13.0 Å². The molecule has 1 aliphatic heterocycles. The maximum Gasteiger partial charge on any atom is 0.0579 e. The van der Waals surface area contributed by atoms with Crippen LogP contribution < -0.4 is 0 Å². The third-order valence-corrected chi connectivity index (χ3v) is 8.76. The van der Waals surface area contributed by atoms with Crippen molar-refractivity contribution >= 4 is 23.1 Å². The van der Waals surface area contributed by atoms with E-state index in [1.54, 1.807) is 0 Å². The first-order valence-corrected chi connectivity index (χ1v) is 17.9. The lowest BCUT2D eigenvalue weighted by Crippen LogP contribution is -2.03. The summed E-state index contributed by atoms with van der Waals surface area (Å²) in [6, 6.07) is 8.23. The van der Waals surface area contributed by atoms with Gasteiger partial charge in [-0.05, 0) is 108 Å². The molecule has 4 heteroatoms. The summed E-state index contributed by atoms with van der Waals surface area (Å²) in [4.78, 5) is 18.6. The third-order valence-electron chi connectivity index (χ3n) is 8.76. The van der Waals surface area contributed by atoms with Gasteiger partial charge >= 0.3 is 0 Å². The molecule has 0 saturated heterocycles. The molecule has 0 fully saturated rings. The Balaban J connectivity index is 1.81. The van der Waals surface area contributed by atoms with E-state index in [4.69, 9.17) is 4.99 Å². The SMILES string of the molecule is C=C(/C=C(\N=C(C)CCCCC)C(C)/C=C(\C=C(/CC)c1cccnc1)C1=CCN=CC=C1)/C1=C/C(c2cccnc2)=C\C(CC)C#CC1. The topological polar surface area (TPSA) is 50.5 Å². The van der Waals surface area contributed by atoms with Crippen LogP contribution in [0.1, 0.15) is 90.7 Å². The first-order valence-electron chi connectivity index (χ1n) is 17.9. The fourth-order valence-electron chi connectivity index (χ4n) is 5.82. The number of allylic oxidation sites excluding steroid dienone is 13. The summed E-state index contributed by atoms with van der Waals surface area (Å²) in [6.45, 7) is 16.3. The van der Waals surface area contributed by atoms with Gasteiger partial charge in [0.1, 0.15) is 0 Å². The number of unbranched alkanes of at least 4 members (excludes halogenated alkanes) is 2. The summed E-state index contributed by atoms with van der Waals surface area (Å²) in [5.74, 6) is 7.13. The highest BCUT2D eigenvalue weighted by Crippen LogP contribution is 2.30. The smallest absolute Gasteiger partial charge is 0.0579 e. The molecule has 0 saturated carbocycles. The van der Waals surface area contributed by atoms with Gasteiger partial charge in [0, 0.05) is 60.7 Å². The molecular formula is C45H52N4. The fourth-order valence-corrected chi connectivity index (χ4v) is 5.82. The molecule has 0 radical (unpaired) electrons. The van der Waals surface area contributed by atoms with Gasteiger partial charge in [-0.3, -0.25) is 20.0 Å². The Morgan fingerprint density at radius 2 is 1.90 bits per heavy atom. The maximum absolute atomic E-state index is 5.29. The molecule has 0 spiro atoms. The van der Waals surface area contributed by atoms with Crippen molar-refractivity contribution in [1.82, 2.24) is 9.97 Å². The first-order chi connectivity index (χ1) is 23.9. The van der Waals surface area contributed by atoms with Gasteiger partial charge in [-0.25, -0.2) is 0 Å². The molecule has 4 rings (SSSR count). The van der Waals surface area contributed by atoms with Crippen LogP contribution in [0.3, 0.4) is 0 Å². The number of hydrogen-bond acceptors (Lipinski definition) is 4. The summed E-state index contributed by atoms with van der Waals surface area (Å²) in [5, 5.41) is 0. The normalized spacial score (nSPS) is 20.0. The molecule has 49 heavy (non-hydrogen) atoms. The lowest BCUT2D eigenvalue weighted by Gasteiger charge is -2.16. The summed E-state index contributed by atoms with van der Waals surface area (Å²) >= 11 is 0. The zero-order valence-electron chi connectivity index (χ0n) is 30.1. The average Bonchev–Trinajstić information content (AvgIpc) is 3.40. The second-order valence-corrected chi connectivity index (χ2v) is 12.7. The molecule has 2 aromatic rings. The first kappa shape index (κ1) is 36.9. The molecule has 0 aromatic carbocycles. The van der Waals surface area contributed by atoms with E-state index >= 15 is 0 Å². The van der Waals surface area contributed by atoms with E-state index in [0.717, 1.165) is 76.1 Å². The number of pyridine rings is 2. The van der Waals surface area contributed by atoms with E-state index in [1.807, 2.05) is 49.2 Å². The number of rotatable bonds is 15. The van der Waals surface area contributed by atoms with Gasteiger partial charge in [0.2, 0.25) is 0 Å². The Bertz CT molecular complexity index is 1760. The van der Waals surface area contributed by atoms with Gasteiger partial charge < -0.3 is 0 Å². The Morgan fingerprint density at radius 1 is 1.08 bits per heavy atom. The lowest BCUT2D eigenvalue weighted by molar-refractivity contribution is 0.738. The van der Waals surface area contributed by atoms with Crippen LogP contribution in [-0.2, 0) is 0 Å². The third kappa shape index (κ3) is 11.6. The standard InChI is InChI=1S/C45H52N4/c1-7-10-11-16-36(6)49-45(28-34(4)40-18-12-17-37(8-2)29-44(31-40)42-21-15-25-48-33-42)35(5)27-43(39-19-13-23-46-26-22-39)30-38(9-3)41-20-14-24-47-32-41/h13-15,19-25,27-33,35,37H,4,7-11,16,18,26H2,1-3,5-6H3/b38-30+,40-31+,43-27+,44-29+,45-28-,49-36?. The van der Waals surface area contributed by atoms with Gasteiger partial charge in [0.05, 0.1) is 6.54 Å². The van der Waals surface area contributed by atoms with E-state index in [2.05, 4.69) is 123 Å². The van der Waals surface area contributed by atoms with Gasteiger partial charge in [0.15, 0.2) is 0 Å². The van der Waals surface area contributed by atoms with E-state index in [9.17, 15) is 0 Å². The minimum Gasteiger partial charge on any atom is -0.289 e. The molecule has 0 amide bonds. The second-order valence-electron chi connectivity index (χ2n) is 12.7. The van der Waals surface area contributed by atoms with Crippen molar-refractivity contribution in [2.24, 2.45) is 21.8 Å². The van der Waals surface area contributed by atoms with Gasteiger partial charge in [0.25, 0.3) is 0 Å². The molecule has 252 valence electrons. The Kier molecular flexibility index (Phi) is 14.9. The summed E-state index contributed by atoms with van der Waals surface area (Å²) in [5.41, 5.74) is 11.1. The van der Waals surface area contributed by atoms with Crippen LogP contribution >= 0.6 is 0 Å². The monoisotopic (exact) mass is 648 g/mol. The van der Waals surface area contributed by atoms with Crippen LogP contribution in [0, 0.1) is 23.7 Å². The molecule has 2 atom stereocenters. The second kappa shape index (κ2) is 19.8.